The summed E-state index contributed by atoms with van der Waals surface area (Å²) in [5, 5.41) is 10.9. The van der Waals surface area contributed by atoms with E-state index in [0.717, 1.165) is 35.7 Å². The first kappa shape index (κ1) is 32.2. The maximum atomic E-state index is 10.8. The van der Waals surface area contributed by atoms with E-state index in [1.165, 1.54) is 91.6 Å². The Hall–Kier alpha value is -2.77. The molecule has 0 saturated heterocycles. The van der Waals surface area contributed by atoms with Crippen LogP contribution in [-0.4, -0.2) is 10.7 Å². The van der Waals surface area contributed by atoms with Crippen LogP contribution in [0.1, 0.15) is 100 Å². The number of nitro groups is 1. The van der Waals surface area contributed by atoms with Gasteiger partial charge in [-0.2, -0.15) is 0 Å². The van der Waals surface area contributed by atoms with Gasteiger partial charge in [0.15, 0.2) is 0 Å². The van der Waals surface area contributed by atoms with Crippen LogP contribution >= 0.6 is 57.1 Å². The van der Waals surface area contributed by atoms with Crippen LogP contribution in [0.5, 0.6) is 0 Å². The summed E-state index contributed by atoms with van der Waals surface area (Å²) in [6, 6.07) is 15.4. The molecule has 216 valence electrons. The third kappa shape index (κ3) is 11.5. The van der Waals surface area contributed by atoms with E-state index in [1.54, 1.807) is 28.7 Å². The first-order valence-corrected chi connectivity index (χ1v) is 18.6. The van der Waals surface area contributed by atoms with Crippen LogP contribution in [0.3, 0.4) is 0 Å². The molecule has 4 aromatic rings. The highest BCUT2D eigenvalue weighted by atomic mass is 32.2. The van der Waals surface area contributed by atoms with Crippen molar-refractivity contribution in [3.8, 4) is 35.5 Å². The van der Waals surface area contributed by atoms with Crippen LogP contribution in [-0.2, 0) is 0 Å². The molecule has 0 amide bonds. The van der Waals surface area contributed by atoms with Gasteiger partial charge in [-0.15, -0.1) is 45.8 Å². The second-order valence-corrected chi connectivity index (χ2v) is 15.3. The fraction of sp³-hybridized carbons (Fsp3) is 0.353. The van der Waals surface area contributed by atoms with Crippen LogP contribution in [0.15, 0.2) is 52.7 Å². The standard InChI is InChI=1S/C34H33NO2S5/c1-2-3-4-5-6-7-8-9-10-11-26-38-34-25-23-32(42-34)21-19-30-17-15-28(40-30)13-12-27-14-16-29(39-27)18-20-31-22-24-33(41-31)35(36)37/h14-17,22-25H,2-11,26H2,1H3. The summed E-state index contributed by atoms with van der Waals surface area (Å²) in [7, 11) is 0. The van der Waals surface area contributed by atoms with Crippen molar-refractivity contribution in [1.82, 2.24) is 0 Å². The van der Waals surface area contributed by atoms with E-state index in [0.29, 0.717) is 4.88 Å². The number of hydrogen-bond acceptors (Lipinski definition) is 7. The Labute approximate surface area is 270 Å². The van der Waals surface area contributed by atoms with Crippen molar-refractivity contribution in [3.63, 3.8) is 0 Å². The Morgan fingerprint density at radius 2 is 0.976 bits per heavy atom. The van der Waals surface area contributed by atoms with E-state index in [2.05, 4.69) is 54.6 Å². The van der Waals surface area contributed by atoms with Crippen molar-refractivity contribution in [1.29, 1.82) is 0 Å². The molecule has 0 unspecified atom stereocenters. The number of thiophene rings is 4. The molecule has 0 atom stereocenters. The van der Waals surface area contributed by atoms with Gasteiger partial charge in [-0.25, -0.2) is 0 Å². The summed E-state index contributed by atoms with van der Waals surface area (Å²) in [6.45, 7) is 2.28. The van der Waals surface area contributed by atoms with Crippen molar-refractivity contribution in [2.75, 3.05) is 5.75 Å². The molecule has 0 aliphatic carbocycles. The molecule has 0 fully saturated rings. The van der Waals surface area contributed by atoms with Gasteiger partial charge >= 0.3 is 5.00 Å². The highest BCUT2D eigenvalue weighted by Crippen LogP contribution is 2.28. The SMILES string of the molecule is CCCCCCCCCCCCSc1ccc(C#Cc2ccc(C#Cc3ccc(C#Cc4ccc([N+](=O)[O-])s4)s3)s2)s1. The summed E-state index contributed by atoms with van der Waals surface area (Å²) >= 11 is 7.94. The smallest absolute Gasteiger partial charge is 0.258 e. The largest absolute Gasteiger partial charge is 0.325 e. The number of rotatable bonds is 13. The van der Waals surface area contributed by atoms with Gasteiger partial charge in [-0.1, -0.05) is 76.0 Å². The Morgan fingerprint density at radius 3 is 1.45 bits per heavy atom. The van der Waals surface area contributed by atoms with Crippen LogP contribution in [0, 0.1) is 45.6 Å². The molecular weight excluding hydrogens is 615 g/mol. The molecule has 4 rings (SSSR count). The molecule has 8 heteroatoms. The average molecular weight is 648 g/mol. The third-order valence-corrected chi connectivity index (χ3v) is 11.3. The van der Waals surface area contributed by atoms with Gasteiger partial charge in [-0.3, -0.25) is 10.1 Å². The lowest BCUT2D eigenvalue weighted by Crippen LogP contribution is -1.83. The highest BCUT2D eigenvalue weighted by Gasteiger charge is 2.08. The van der Waals surface area contributed by atoms with Crippen LogP contribution in [0.25, 0.3) is 0 Å². The molecule has 0 saturated carbocycles. The molecule has 0 bridgehead atoms. The number of unbranched alkanes of at least 4 members (excludes halogenated alkanes) is 9. The lowest BCUT2D eigenvalue weighted by Gasteiger charge is -2.02. The molecule has 3 nitrogen and oxygen atoms in total. The fourth-order valence-electron chi connectivity index (χ4n) is 4.03. The quantitative estimate of drug-likeness (QED) is 0.0477. The Kier molecular flexibility index (Phi) is 13.8. The predicted octanol–water partition coefficient (Wildman–Crippen LogP) is 11.1. The van der Waals surface area contributed by atoms with E-state index in [-0.39, 0.29) is 5.00 Å². The Morgan fingerprint density at radius 1 is 0.571 bits per heavy atom. The minimum atomic E-state index is -0.394. The van der Waals surface area contributed by atoms with Crippen molar-refractivity contribution >= 4 is 62.1 Å². The van der Waals surface area contributed by atoms with Crippen molar-refractivity contribution in [2.24, 2.45) is 0 Å². The van der Waals surface area contributed by atoms with Gasteiger partial charge in [0.1, 0.15) is 0 Å². The minimum absolute atomic E-state index is 0.103. The molecule has 4 aromatic heterocycles. The van der Waals surface area contributed by atoms with Gasteiger partial charge in [0, 0.05) is 6.07 Å². The highest BCUT2D eigenvalue weighted by molar-refractivity contribution is 8.01. The molecule has 0 aliphatic rings. The van der Waals surface area contributed by atoms with Crippen molar-refractivity contribution in [3.05, 3.63) is 87.9 Å². The maximum absolute atomic E-state index is 10.8. The predicted molar refractivity (Wildman–Crippen MR) is 184 cm³/mol. The summed E-state index contributed by atoms with van der Waals surface area (Å²) in [6.07, 6.45) is 13.8. The second kappa shape index (κ2) is 18.0. The van der Waals surface area contributed by atoms with Crippen LogP contribution in [0.4, 0.5) is 5.00 Å². The van der Waals surface area contributed by atoms with Gasteiger partial charge in [-0.05, 0) is 90.2 Å². The zero-order chi connectivity index (χ0) is 29.4. The molecule has 0 spiro atoms. The molecule has 0 aliphatic heterocycles. The summed E-state index contributed by atoms with van der Waals surface area (Å²) in [5.74, 6) is 20.3. The molecular formula is C34H33NO2S5. The van der Waals surface area contributed by atoms with Gasteiger partial charge in [0.25, 0.3) is 0 Å². The van der Waals surface area contributed by atoms with Crippen LogP contribution < -0.4 is 0 Å². The summed E-state index contributed by atoms with van der Waals surface area (Å²) in [4.78, 5) is 16.0. The lowest BCUT2D eigenvalue weighted by molar-refractivity contribution is -0.380. The first-order valence-electron chi connectivity index (χ1n) is 14.3. The number of thioether (sulfide) groups is 1. The van der Waals surface area contributed by atoms with Crippen molar-refractivity contribution < 1.29 is 4.92 Å². The summed E-state index contributed by atoms with van der Waals surface area (Å²) in [5.41, 5.74) is 0. The average Bonchev–Trinajstić information content (AvgIpc) is 3.80. The zero-order valence-electron chi connectivity index (χ0n) is 23.7. The van der Waals surface area contributed by atoms with Gasteiger partial charge in [0.05, 0.1) is 38.4 Å². The molecule has 0 aromatic carbocycles. The molecule has 0 radical (unpaired) electrons. The van der Waals surface area contributed by atoms with E-state index in [4.69, 9.17) is 0 Å². The molecule has 0 N–H and O–H groups in total. The number of nitrogens with zero attached hydrogens (tertiary/aromatic N) is 1. The van der Waals surface area contributed by atoms with Gasteiger partial charge in [0.2, 0.25) is 0 Å². The zero-order valence-corrected chi connectivity index (χ0v) is 27.8. The number of hydrogen-bond donors (Lipinski definition) is 0. The Bertz CT molecular complexity index is 1620. The lowest BCUT2D eigenvalue weighted by atomic mass is 10.1. The Balaban J connectivity index is 1.17. The van der Waals surface area contributed by atoms with E-state index in [9.17, 15) is 10.1 Å². The first-order chi connectivity index (χ1) is 20.6. The van der Waals surface area contributed by atoms with Crippen molar-refractivity contribution in [2.45, 2.75) is 75.3 Å². The third-order valence-electron chi connectivity index (χ3n) is 6.23. The normalized spacial score (nSPS) is 10.3. The maximum Gasteiger partial charge on any atom is 0.325 e. The molecule has 4 heterocycles. The second-order valence-electron chi connectivity index (χ2n) is 9.62. The fourth-order valence-corrected chi connectivity index (χ4v) is 8.19. The van der Waals surface area contributed by atoms with Crippen LogP contribution in [0.2, 0.25) is 0 Å². The summed E-state index contributed by atoms with van der Waals surface area (Å²) < 4.78 is 1.35. The van der Waals surface area contributed by atoms with E-state index in [1.807, 2.05) is 36.0 Å². The van der Waals surface area contributed by atoms with E-state index < -0.39 is 4.92 Å². The van der Waals surface area contributed by atoms with E-state index >= 15 is 0 Å². The molecule has 42 heavy (non-hydrogen) atoms. The minimum Gasteiger partial charge on any atom is -0.258 e. The topological polar surface area (TPSA) is 43.1 Å². The van der Waals surface area contributed by atoms with Gasteiger partial charge < -0.3 is 0 Å². The monoisotopic (exact) mass is 647 g/mol.